The predicted octanol–water partition coefficient (Wildman–Crippen LogP) is 3.92. The molecule has 0 saturated heterocycles. The summed E-state index contributed by atoms with van der Waals surface area (Å²) in [5, 5.41) is 11.7. The van der Waals surface area contributed by atoms with Gasteiger partial charge in [0.15, 0.2) is 0 Å². The maximum Gasteiger partial charge on any atom is 0.303 e. The van der Waals surface area contributed by atoms with Gasteiger partial charge in [-0.1, -0.05) is 44.2 Å². The zero-order chi connectivity index (χ0) is 19.2. The van der Waals surface area contributed by atoms with Gasteiger partial charge >= 0.3 is 5.97 Å². The van der Waals surface area contributed by atoms with E-state index in [2.05, 4.69) is 5.32 Å². The molecule has 0 aliphatic rings. The number of methoxy groups -OCH3 is 1. The van der Waals surface area contributed by atoms with Crippen molar-refractivity contribution in [2.45, 2.75) is 33.1 Å². The largest absolute Gasteiger partial charge is 0.496 e. The molecule has 0 atom stereocenters. The molecule has 5 heteroatoms. The molecule has 0 saturated carbocycles. The number of carboxylic acids is 1. The van der Waals surface area contributed by atoms with Gasteiger partial charge in [0.25, 0.3) is 0 Å². The van der Waals surface area contributed by atoms with E-state index in [9.17, 15) is 9.59 Å². The van der Waals surface area contributed by atoms with Crippen LogP contribution in [0.25, 0.3) is 0 Å². The minimum atomic E-state index is -0.819. The summed E-state index contributed by atoms with van der Waals surface area (Å²) >= 11 is 0. The van der Waals surface area contributed by atoms with Crippen LogP contribution in [0.4, 0.5) is 5.69 Å². The van der Waals surface area contributed by atoms with E-state index in [0.29, 0.717) is 18.5 Å². The SMILES string of the molecule is COc1ccccc1CC(C)(C)C(=O)Nc1ccc(CCC(=O)O)cc1. The summed E-state index contributed by atoms with van der Waals surface area (Å²) in [5.74, 6) is -0.127. The molecule has 0 aromatic heterocycles. The highest BCUT2D eigenvalue weighted by Gasteiger charge is 2.29. The Hall–Kier alpha value is -2.82. The van der Waals surface area contributed by atoms with Gasteiger partial charge in [-0.15, -0.1) is 0 Å². The summed E-state index contributed by atoms with van der Waals surface area (Å²) in [7, 11) is 1.62. The number of benzene rings is 2. The number of rotatable bonds is 8. The third-order valence-corrected chi connectivity index (χ3v) is 4.28. The topological polar surface area (TPSA) is 75.6 Å². The fourth-order valence-electron chi connectivity index (χ4n) is 2.71. The van der Waals surface area contributed by atoms with E-state index in [-0.39, 0.29) is 12.3 Å². The molecular formula is C21H25NO4. The second kappa shape index (κ2) is 8.52. The van der Waals surface area contributed by atoms with Gasteiger partial charge in [-0.2, -0.15) is 0 Å². The second-order valence-corrected chi connectivity index (χ2v) is 6.92. The first-order chi connectivity index (χ1) is 12.3. The number of carbonyl (C=O) groups is 2. The molecule has 0 heterocycles. The monoisotopic (exact) mass is 355 g/mol. The first-order valence-electron chi connectivity index (χ1n) is 8.56. The fraction of sp³-hybridized carbons (Fsp3) is 0.333. The highest BCUT2D eigenvalue weighted by Crippen LogP contribution is 2.29. The van der Waals surface area contributed by atoms with Crippen molar-refractivity contribution in [3.8, 4) is 5.75 Å². The Labute approximate surface area is 154 Å². The van der Waals surface area contributed by atoms with Crippen LogP contribution in [0, 0.1) is 5.41 Å². The van der Waals surface area contributed by atoms with Gasteiger partial charge in [0.1, 0.15) is 5.75 Å². The Balaban J connectivity index is 2.02. The van der Waals surface area contributed by atoms with Crippen LogP contribution in [-0.2, 0) is 22.4 Å². The predicted molar refractivity (Wildman–Crippen MR) is 102 cm³/mol. The van der Waals surface area contributed by atoms with Crippen LogP contribution in [0.15, 0.2) is 48.5 Å². The van der Waals surface area contributed by atoms with Gasteiger partial charge in [0.05, 0.1) is 7.11 Å². The van der Waals surface area contributed by atoms with Gasteiger partial charge in [0, 0.05) is 17.5 Å². The zero-order valence-corrected chi connectivity index (χ0v) is 15.4. The lowest BCUT2D eigenvalue weighted by atomic mass is 9.84. The Kier molecular flexibility index (Phi) is 6.39. The summed E-state index contributed by atoms with van der Waals surface area (Å²) in [6.07, 6.45) is 1.13. The normalized spacial score (nSPS) is 11.0. The molecule has 2 aromatic carbocycles. The van der Waals surface area contributed by atoms with Crippen LogP contribution < -0.4 is 10.1 Å². The number of hydrogen-bond donors (Lipinski definition) is 2. The van der Waals surface area contributed by atoms with Gasteiger partial charge in [0.2, 0.25) is 5.91 Å². The highest BCUT2D eigenvalue weighted by atomic mass is 16.5. The van der Waals surface area contributed by atoms with E-state index in [1.807, 2.05) is 50.2 Å². The molecule has 0 unspecified atom stereocenters. The molecule has 0 aliphatic heterocycles. The average Bonchev–Trinajstić information content (AvgIpc) is 2.61. The van der Waals surface area contributed by atoms with Crippen molar-refractivity contribution in [2.75, 3.05) is 12.4 Å². The van der Waals surface area contributed by atoms with E-state index in [1.165, 1.54) is 0 Å². The summed E-state index contributed by atoms with van der Waals surface area (Å²) in [5.41, 5.74) is 2.00. The number of ether oxygens (including phenoxy) is 1. The molecule has 0 fully saturated rings. The van der Waals surface area contributed by atoms with Crippen LogP contribution in [0.1, 0.15) is 31.4 Å². The second-order valence-electron chi connectivity index (χ2n) is 6.92. The number of nitrogens with one attached hydrogen (secondary N) is 1. The number of para-hydroxylation sites is 1. The van der Waals surface area contributed by atoms with Crippen molar-refractivity contribution < 1.29 is 19.4 Å². The van der Waals surface area contributed by atoms with Crippen molar-refractivity contribution in [1.29, 1.82) is 0 Å². The fourth-order valence-corrected chi connectivity index (χ4v) is 2.71. The number of hydrogen-bond acceptors (Lipinski definition) is 3. The van der Waals surface area contributed by atoms with Crippen molar-refractivity contribution in [2.24, 2.45) is 5.41 Å². The van der Waals surface area contributed by atoms with E-state index in [0.717, 1.165) is 16.9 Å². The first-order valence-corrected chi connectivity index (χ1v) is 8.56. The summed E-state index contributed by atoms with van der Waals surface area (Å²) < 4.78 is 5.37. The number of carboxylic acid groups (broad SMARTS) is 1. The molecule has 2 aromatic rings. The van der Waals surface area contributed by atoms with Gasteiger partial charge in [-0.25, -0.2) is 0 Å². The molecule has 0 spiro atoms. The van der Waals surface area contributed by atoms with Gasteiger partial charge < -0.3 is 15.2 Å². The molecule has 5 nitrogen and oxygen atoms in total. The van der Waals surface area contributed by atoms with Crippen molar-refractivity contribution in [3.05, 3.63) is 59.7 Å². The Bertz CT molecular complexity index is 766. The van der Waals surface area contributed by atoms with E-state index < -0.39 is 11.4 Å². The Morgan fingerprint density at radius 3 is 2.35 bits per heavy atom. The summed E-state index contributed by atoms with van der Waals surface area (Å²) in [6, 6.07) is 15.0. The number of anilines is 1. The Morgan fingerprint density at radius 1 is 1.08 bits per heavy atom. The molecule has 2 rings (SSSR count). The third-order valence-electron chi connectivity index (χ3n) is 4.28. The van der Waals surface area contributed by atoms with Gasteiger partial charge in [-0.05, 0) is 42.2 Å². The maximum absolute atomic E-state index is 12.7. The number of amides is 1. The molecule has 26 heavy (non-hydrogen) atoms. The molecular weight excluding hydrogens is 330 g/mol. The minimum absolute atomic E-state index is 0.0818. The standard InChI is InChI=1S/C21H25NO4/c1-21(2,14-16-6-4-5-7-18(16)26-3)20(25)22-17-11-8-15(9-12-17)10-13-19(23)24/h4-9,11-12H,10,13-14H2,1-3H3,(H,22,25)(H,23,24). The molecule has 0 radical (unpaired) electrons. The number of aliphatic carboxylic acids is 1. The lowest BCUT2D eigenvalue weighted by Gasteiger charge is -2.24. The molecule has 138 valence electrons. The van der Waals surface area contributed by atoms with Crippen LogP contribution in [0.5, 0.6) is 5.75 Å². The Morgan fingerprint density at radius 2 is 1.73 bits per heavy atom. The third kappa shape index (κ3) is 5.34. The zero-order valence-electron chi connectivity index (χ0n) is 15.4. The van der Waals surface area contributed by atoms with Crippen molar-refractivity contribution in [3.63, 3.8) is 0 Å². The quantitative estimate of drug-likeness (QED) is 0.752. The lowest BCUT2D eigenvalue weighted by molar-refractivity contribution is -0.137. The van der Waals surface area contributed by atoms with Crippen LogP contribution in [0.3, 0.4) is 0 Å². The van der Waals surface area contributed by atoms with Crippen LogP contribution >= 0.6 is 0 Å². The molecule has 0 bridgehead atoms. The minimum Gasteiger partial charge on any atom is -0.496 e. The van der Waals surface area contributed by atoms with E-state index in [1.54, 1.807) is 19.2 Å². The van der Waals surface area contributed by atoms with Crippen molar-refractivity contribution >= 4 is 17.6 Å². The first kappa shape index (κ1) is 19.5. The summed E-state index contributed by atoms with van der Waals surface area (Å²) in [6.45, 7) is 3.80. The smallest absolute Gasteiger partial charge is 0.303 e. The maximum atomic E-state index is 12.7. The number of carbonyl (C=O) groups excluding carboxylic acids is 1. The average molecular weight is 355 g/mol. The molecule has 0 aliphatic carbocycles. The van der Waals surface area contributed by atoms with Crippen LogP contribution in [0.2, 0.25) is 0 Å². The molecule has 1 amide bonds. The van der Waals surface area contributed by atoms with E-state index >= 15 is 0 Å². The number of aryl methyl sites for hydroxylation is 1. The van der Waals surface area contributed by atoms with E-state index in [4.69, 9.17) is 9.84 Å². The van der Waals surface area contributed by atoms with Gasteiger partial charge in [-0.3, -0.25) is 9.59 Å². The van der Waals surface area contributed by atoms with Crippen LogP contribution in [-0.4, -0.2) is 24.1 Å². The molecule has 2 N–H and O–H groups in total. The highest BCUT2D eigenvalue weighted by molar-refractivity contribution is 5.95. The lowest BCUT2D eigenvalue weighted by Crippen LogP contribution is -2.32. The van der Waals surface area contributed by atoms with Crippen molar-refractivity contribution in [1.82, 2.24) is 0 Å². The summed E-state index contributed by atoms with van der Waals surface area (Å²) in [4.78, 5) is 23.3.